The highest BCUT2D eigenvalue weighted by Crippen LogP contribution is 2.34. The van der Waals surface area contributed by atoms with Gasteiger partial charge in [0.25, 0.3) is 11.8 Å². The highest BCUT2D eigenvalue weighted by Gasteiger charge is 2.45. The maximum Gasteiger partial charge on any atom is 0.289 e. The van der Waals surface area contributed by atoms with E-state index in [0.29, 0.717) is 55.8 Å². The third kappa shape index (κ3) is 3.96. The van der Waals surface area contributed by atoms with E-state index in [9.17, 15) is 19.1 Å². The lowest BCUT2D eigenvalue weighted by Gasteiger charge is -2.42. The SMILES string of the molecule is CC(C)c1cc(-c2ccc(F)cc2)nc2cc(C(=O)N3CCN(C(=O)C4(O)CCC4)CC3)oc12. The van der Waals surface area contributed by atoms with E-state index in [2.05, 4.69) is 4.98 Å². The first kappa shape index (κ1) is 22.5. The van der Waals surface area contributed by atoms with E-state index < -0.39 is 5.60 Å². The largest absolute Gasteiger partial charge is 0.449 e. The second kappa shape index (κ2) is 8.51. The molecule has 5 rings (SSSR count). The Morgan fingerprint density at radius 1 is 1.06 bits per heavy atom. The number of nitrogens with zero attached hydrogens (tertiary/aromatic N) is 3. The molecule has 1 aliphatic carbocycles. The molecule has 1 N–H and O–H groups in total. The van der Waals surface area contributed by atoms with Crippen LogP contribution in [0.15, 0.2) is 40.8 Å². The molecule has 7 nitrogen and oxygen atoms in total. The number of hydrogen-bond donors (Lipinski definition) is 1. The van der Waals surface area contributed by atoms with E-state index in [0.717, 1.165) is 17.5 Å². The molecule has 1 saturated carbocycles. The predicted octanol–water partition coefficient (Wildman–Crippen LogP) is 3.96. The number of carbonyl (C=O) groups excluding carboxylic acids is 2. The molecule has 0 unspecified atom stereocenters. The molecular weight excluding hydrogens is 437 g/mol. The number of piperazine rings is 1. The smallest absolute Gasteiger partial charge is 0.289 e. The Kier molecular flexibility index (Phi) is 5.64. The molecule has 1 aromatic carbocycles. The summed E-state index contributed by atoms with van der Waals surface area (Å²) in [6.45, 7) is 5.61. The number of aromatic nitrogens is 1. The fraction of sp³-hybridized carbons (Fsp3) is 0.423. The van der Waals surface area contributed by atoms with Crippen molar-refractivity contribution < 1.29 is 23.5 Å². The van der Waals surface area contributed by atoms with E-state index in [1.807, 2.05) is 19.9 Å². The molecule has 34 heavy (non-hydrogen) atoms. The van der Waals surface area contributed by atoms with Crippen molar-refractivity contribution in [2.75, 3.05) is 26.2 Å². The maximum atomic E-state index is 13.4. The van der Waals surface area contributed by atoms with E-state index >= 15 is 0 Å². The monoisotopic (exact) mass is 465 g/mol. The average molecular weight is 466 g/mol. The standard InChI is InChI=1S/C26H28FN3O4/c1-16(2)19-14-20(17-4-6-18(27)7-5-17)28-21-15-22(34-23(19)21)24(31)29-10-12-30(13-11-29)25(32)26(33)8-3-9-26/h4-7,14-16,33H,3,8-13H2,1-2H3. The van der Waals surface area contributed by atoms with Crippen molar-refractivity contribution in [3.05, 3.63) is 53.5 Å². The van der Waals surface area contributed by atoms with Gasteiger partial charge in [-0.2, -0.15) is 0 Å². The Labute approximate surface area is 197 Å². The molecule has 3 aromatic rings. The topological polar surface area (TPSA) is 86.9 Å². The van der Waals surface area contributed by atoms with Gasteiger partial charge in [-0.05, 0) is 55.5 Å². The highest BCUT2D eigenvalue weighted by molar-refractivity contribution is 5.96. The van der Waals surface area contributed by atoms with Gasteiger partial charge in [0.2, 0.25) is 0 Å². The molecule has 1 aliphatic heterocycles. The Balaban J connectivity index is 1.37. The zero-order valence-corrected chi connectivity index (χ0v) is 19.4. The van der Waals surface area contributed by atoms with Crippen molar-refractivity contribution in [3.8, 4) is 11.3 Å². The van der Waals surface area contributed by atoms with Crippen molar-refractivity contribution in [3.63, 3.8) is 0 Å². The molecule has 1 saturated heterocycles. The Morgan fingerprint density at radius 3 is 2.29 bits per heavy atom. The molecule has 0 atom stereocenters. The van der Waals surface area contributed by atoms with Crippen molar-refractivity contribution in [1.29, 1.82) is 0 Å². The van der Waals surface area contributed by atoms with E-state index in [4.69, 9.17) is 4.42 Å². The van der Waals surface area contributed by atoms with Gasteiger partial charge in [0.15, 0.2) is 11.3 Å². The summed E-state index contributed by atoms with van der Waals surface area (Å²) in [5.41, 5.74) is 2.34. The van der Waals surface area contributed by atoms with Gasteiger partial charge in [-0.25, -0.2) is 9.37 Å². The molecule has 0 bridgehead atoms. The van der Waals surface area contributed by atoms with Gasteiger partial charge in [-0.3, -0.25) is 9.59 Å². The quantitative estimate of drug-likeness (QED) is 0.630. The highest BCUT2D eigenvalue weighted by atomic mass is 19.1. The normalized spacial score (nSPS) is 17.8. The van der Waals surface area contributed by atoms with Crippen molar-refractivity contribution in [2.24, 2.45) is 0 Å². The minimum absolute atomic E-state index is 0.130. The molecule has 0 radical (unpaired) electrons. The van der Waals surface area contributed by atoms with Gasteiger partial charge < -0.3 is 19.3 Å². The van der Waals surface area contributed by atoms with Gasteiger partial charge in [0, 0.05) is 43.4 Å². The summed E-state index contributed by atoms with van der Waals surface area (Å²) in [5.74, 6) is -0.448. The fourth-order valence-corrected chi connectivity index (χ4v) is 4.64. The number of aliphatic hydroxyl groups is 1. The van der Waals surface area contributed by atoms with Crippen LogP contribution in [0.3, 0.4) is 0 Å². The summed E-state index contributed by atoms with van der Waals surface area (Å²) >= 11 is 0. The van der Waals surface area contributed by atoms with E-state index in [1.54, 1.807) is 28.0 Å². The first-order valence-electron chi connectivity index (χ1n) is 11.8. The molecule has 8 heteroatoms. The van der Waals surface area contributed by atoms with Crippen LogP contribution in [0.5, 0.6) is 0 Å². The lowest BCUT2D eigenvalue weighted by Crippen LogP contribution is -2.58. The van der Waals surface area contributed by atoms with Gasteiger partial charge in [-0.1, -0.05) is 13.8 Å². The van der Waals surface area contributed by atoms with Crippen molar-refractivity contribution in [2.45, 2.75) is 44.6 Å². The summed E-state index contributed by atoms with van der Waals surface area (Å²) in [4.78, 5) is 33.7. The van der Waals surface area contributed by atoms with Crippen LogP contribution in [-0.2, 0) is 4.79 Å². The number of halogens is 1. The number of carbonyl (C=O) groups is 2. The molecule has 2 aromatic heterocycles. The molecule has 2 aliphatic rings. The third-order valence-corrected chi connectivity index (χ3v) is 6.91. The van der Waals surface area contributed by atoms with E-state index in [1.165, 1.54) is 12.1 Å². The molecule has 2 amide bonds. The van der Waals surface area contributed by atoms with Crippen LogP contribution in [-0.4, -0.2) is 63.5 Å². The number of hydrogen-bond acceptors (Lipinski definition) is 5. The first-order chi connectivity index (χ1) is 16.2. The summed E-state index contributed by atoms with van der Waals surface area (Å²) in [5, 5.41) is 10.3. The summed E-state index contributed by atoms with van der Waals surface area (Å²) in [6, 6.07) is 9.74. The summed E-state index contributed by atoms with van der Waals surface area (Å²) in [6.07, 6.45) is 1.88. The molecule has 2 fully saturated rings. The Morgan fingerprint density at radius 2 is 1.71 bits per heavy atom. The zero-order valence-electron chi connectivity index (χ0n) is 19.4. The Bertz CT molecular complexity index is 1240. The fourth-order valence-electron chi connectivity index (χ4n) is 4.64. The average Bonchev–Trinajstić information content (AvgIpc) is 3.25. The van der Waals surface area contributed by atoms with Crippen LogP contribution in [0.25, 0.3) is 22.4 Å². The lowest BCUT2D eigenvalue weighted by atomic mass is 9.79. The molecule has 0 spiro atoms. The van der Waals surface area contributed by atoms with Crippen LogP contribution >= 0.6 is 0 Å². The first-order valence-corrected chi connectivity index (χ1v) is 11.8. The van der Waals surface area contributed by atoms with Crippen LogP contribution in [0.1, 0.15) is 55.1 Å². The lowest BCUT2D eigenvalue weighted by molar-refractivity contribution is -0.161. The minimum Gasteiger partial charge on any atom is -0.449 e. The number of fused-ring (bicyclic) bond motifs is 1. The number of furan rings is 1. The predicted molar refractivity (Wildman–Crippen MR) is 125 cm³/mol. The van der Waals surface area contributed by atoms with E-state index in [-0.39, 0.29) is 29.3 Å². The zero-order chi connectivity index (χ0) is 24.0. The number of benzene rings is 1. The molecule has 178 valence electrons. The van der Waals surface area contributed by atoms with Gasteiger partial charge >= 0.3 is 0 Å². The third-order valence-electron chi connectivity index (χ3n) is 6.91. The van der Waals surface area contributed by atoms with Crippen molar-refractivity contribution in [1.82, 2.24) is 14.8 Å². The summed E-state index contributed by atoms with van der Waals surface area (Å²) < 4.78 is 19.4. The molecule has 3 heterocycles. The van der Waals surface area contributed by atoms with Gasteiger partial charge in [-0.15, -0.1) is 0 Å². The second-order valence-corrected chi connectivity index (χ2v) is 9.55. The van der Waals surface area contributed by atoms with Crippen LogP contribution in [0.4, 0.5) is 4.39 Å². The van der Waals surface area contributed by atoms with Gasteiger partial charge in [0.1, 0.15) is 16.9 Å². The van der Waals surface area contributed by atoms with Crippen LogP contribution in [0, 0.1) is 5.82 Å². The van der Waals surface area contributed by atoms with Crippen LogP contribution < -0.4 is 0 Å². The minimum atomic E-state index is -1.22. The van der Waals surface area contributed by atoms with Gasteiger partial charge in [0.05, 0.1) is 5.69 Å². The summed E-state index contributed by atoms with van der Waals surface area (Å²) in [7, 11) is 0. The second-order valence-electron chi connectivity index (χ2n) is 9.55. The maximum absolute atomic E-state index is 13.4. The molecular formula is C26H28FN3O4. The Hall–Kier alpha value is -3.26. The van der Waals surface area contributed by atoms with Crippen LogP contribution in [0.2, 0.25) is 0 Å². The number of rotatable bonds is 4. The number of amides is 2. The number of pyridine rings is 1. The van der Waals surface area contributed by atoms with Crippen molar-refractivity contribution >= 4 is 22.9 Å².